The number of aromatic hydroxyl groups is 1. The molecule has 2 aliphatic heterocycles. The fraction of sp³-hybridized carbons (Fsp3) is 0.478. The largest absolute Gasteiger partial charge is 0.496 e. The van der Waals surface area contributed by atoms with Gasteiger partial charge in [-0.3, -0.25) is 9.59 Å². The maximum absolute atomic E-state index is 13.2. The van der Waals surface area contributed by atoms with E-state index < -0.39 is 12.0 Å². The number of aromatic nitrogens is 1. The summed E-state index contributed by atoms with van der Waals surface area (Å²) in [6, 6.07) is 6.97. The topological polar surface area (TPSA) is 115 Å². The lowest BCUT2D eigenvalue weighted by Crippen LogP contribution is -2.51. The number of hydrogen-bond donors (Lipinski definition) is 4. The van der Waals surface area contributed by atoms with Crippen molar-refractivity contribution in [3.63, 3.8) is 0 Å². The maximum Gasteiger partial charge on any atom is 0.303 e. The van der Waals surface area contributed by atoms with Crippen molar-refractivity contribution >= 4 is 29.3 Å². The first-order chi connectivity index (χ1) is 15.4. The number of carbonyl (C=O) groups is 2. The number of amides is 1. The summed E-state index contributed by atoms with van der Waals surface area (Å²) < 4.78 is 5.63. The molecule has 2 aromatic rings. The van der Waals surface area contributed by atoms with Crippen molar-refractivity contribution in [3.05, 3.63) is 41.6 Å². The van der Waals surface area contributed by atoms with Crippen molar-refractivity contribution in [2.45, 2.75) is 56.0 Å². The van der Waals surface area contributed by atoms with Crippen LogP contribution in [0.1, 0.15) is 49.8 Å². The second-order valence-electron chi connectivity index (χ2n) is 8.29. The van der Waals surface area contributed by atoms with E-state index in [1.807, 2.05) is 40.9 Å². The molecule has 1 saturated heterocycles. The highest BCUT2D eigenvalue weighted by Gasteiger charge is 2.48. The molecule has 1 aromatic heterocycles. The smallest absolute Gasteiger partial charge is 0.303 e. The van der Waals surface area contributed by atoms with Crippen LogP contribution >= 0.6 is 11.8 Å². The van der Waals surface area contributed by atoms with Gasteiger partial charge in [-0.05, 0) is 18.9 Å². The Bertz CT molecular complexity index is 994. The summed E-state index contributed by atoms with van der Waals surface area (Å²) >= 11 is 1.82. The number of carboxylic acids is 1. The molecule has 4 N–H and O–H groups in total. The number of H-pyrrole nitrogens is 1. The summed E-state index contributed by atoms with van der Waals surface area (Å²) in [4.78, 5) is 28.8. The maximum atomic E-state index is 13.2. The number of thioether (sulfide) groups is 1. The average Bonchev–Trinajstić information content (AvgIpc) is 3.28. The second-order valence-corrected chi connectivity index (χ2v) is 9.56. The van der Waals surface area contributed by atoms with E-state index >= 15 is 0 Å². The number of nitrogens with zero attached hydrogens (tertiary/aromatic N) is 1. The van der Waals surface area contributed by atoms with Gasteiger partial charge in [-0.2, -0.15) is 11.8 Å². The molecule has 172 valence electrons. The van der Waals surface area contributed by atoms with Crippen molar-refractivity contribution in [3.8, 4) is 11.6 Å². The molecule has 0 saturated carbocycles. The Morgan fingerprint density at radius 2 is 2.06 bits per heavy atom. The highest BCUT2D eigenvalue weighted by atomic mass is 32.2. The quantitative estimate of drug-likeness (QED) is 0.468. The van der Waals surface area contributed by atoms with Crippen LogP contribution < -0.4 is 10.1 Å². The lowest BCUT2D eigenvalue weighted by atomic mass is 9.93. The third kappa shape index (κ3) is 4.13. The van der Waals surface area contributed by atoms with Gasteiger partial charge in [0.2, 0.25) is 5.91 Å². The third-order valence-corrected chi connectivity index (χ3v) is 7.82. The lowest BCUT2D eigenvalue weighted by Gasteiger charge is -2.39. The normalized spacial score (nSPS) is 24.2. The molecule has 1 aromatic carbocycles. The van der Waals surface area contributed by atoms with Crippen LogP contribution in [-0.4, -0.2) is 62.2 Å². The zero-order valence-electron chi connectivity index (χ0n) is 18.2. The fourth-order valence-corrected chi connectivity index (χ4v) is 6.57. The number of nitrogens with one attached hydrogen (secondary N) is 2. The zero-order valence-corrected chi connectivity index (χ0v) is 19.0. The highest BCUT2D eigenvalue weighted by Crippen LogP contribution is 2.49. The van der Waals surface area contributed by atoms with E-state index in [9.17, 15) is 14.7 Å². The van der Waals surface area contributed by atoms with E-state index in [4.69, 9.17) is 9.84 Å². The Balaban J connectivity index is 1.76. The van der Waals surface area contributed by atoms with E-state index in [1.165, 1.54) is 0 Å². The molecule has 9 heteroatoms. The van der Waals surface area contributed by atoms with Crippen molar-refractivity contribution < 1.29 is 24.5 Å². The van der Waals surface area contributed by atoms with Crippen LogP contribution in [-0.2, 0) is 9.59 Å². The van der Waals surface area contributed by atoms with Crippen LogP contribution in [0.2, 0.25) is 0 Å². The van der Waals surface area contributed by atoms with Gasteiger partial charge in [0, 0.05) is 36.1 Å². The summed E-state index contributed by atoms with van der Waals surface area (Å²) in [7, 11) is 1.60. The predicted octanol–water partition coefficient (Wildman–Crippen LogP) is 3.59. The minimum absolute atomic E-state index is 0.0158. The molecular weight excluding hydrogens is 430 g/mol. The molecule has 0 radical (unpaired) electrons. The van der Waals surface area contributed by atoms with Gasteiger partial charge in [-0.15, -0.1) is 0 Å². The van der Waals surface area contributed by atoms with Gasteiger partial charge >= 0.3 is 5.97 Å². The number of ether oxygens (including phenoxy) is 1. The first-order valence-corrected chi connectivity index (χ1v) is 11.9. The van der Waals surface area contributed by atoms with Crippen molar-refractivity contribution in [2.24, 2.45) is 0 Å². The number of aliphatic carboxylic acids is 1. The van der Waals surface area contributed by atoms with Crippen LogP contribution in [0.5, 0.6) is 11.6 Å². The first-order valence-electron chi connectivity index (χ1n) is 10.8. The van der Waals surface area contributed by atoms with Gasteiger partial charge in [-0.1, -0.05) is 24.6 Å². The highest BCUT2D eigenvalue weighted by molar-refractivity contribution is 8.00. The van der Waals surface area contributed by atoms with Crippen LogP contribution in [0.4, 0.5) is 5.69 Å². The van der Waals surface area contributed by atoms with E-state index in [1.54, 1.807) is 20.2 Å². The molecular formula is C23H29N3O5S. The molecule has 3 heterocycles. The van der Waals surface area contributed by atoms with Crippen molar-refractivity contribution in [1.82, 2.24) is 9.88 Å². The number of para-hydroxylation sites is 1. The Hall–Kier alpha value is -2.81. The minimum Gasteiger partial charge on any atom is -0.496 e. The van der Waals surface area contributed by atoms with Crippen molar-refractivity contribution in [1.29, 1.82) is 0 Å². The predicted molar refractivity (Wildman–Crippen MR) is 123 cm³/mol. The minimum atomic E-state index is -0.783. The SMILES string of the molecule is COc1ccccc1C1c2c(c[nH]c2O)NC2CSC(CCCCC(=O)O)C2N1C(C)=O. The molecule has 32 heavy (non-hydrogen) atoms. The van der Waals surface area contributed by atoms with Gasteiger partial charge in [0.15, 0.2) is 5.88 Å². The second kappa shape index (κ2) is 9.36. The first kappa shape index (κ1) is 22.4. The van der Waals surface area contributed by atoms with Gasteiger partial charge in [0.05, 0.1) is 36.5 Å². The van der Waals surface area contributed by atoms with E-state index in [0.29, 0.717) is 17.7 Å². The van der Waals surface area contributed by atoms with E-state index in [-0.39, 0.29) is 35.5 Å². The summed E-state index contributed by atoms with van der Waals surface area (Å²) in [6.07, 6.45) is 4.14. The van der Waals surface area contributed by atoms with Crippen LogP contribution in [0.3, 0.4) is 0 Å². The van der Waals surface area contributed by atoms with Crippen molar-refractivity contribution in [2.75, 3.05) is 18.2 Å². The molecule has 4 atom stereocenters. The average molecular weight is 460 g/mol. The number of fused-ring (bicyclic) bond motifs is 2. The molecule has 1 fully saturated rings. The molecule has 0 bridgehead atoms. The summed E-state index contributed by atoms with van der Waals surface area (Å²) in [5.41, 5.74) is 2.23. The molecule has 0 spiro atoms. The van der Waals surface area contributed by atoms with E-state index in [2.05, 4.69) is 10.3 Å². The monoisotopic (exact) mass is 459 g/mol. The zero-order chi connectivity index (χ0) is 22.8. The number of unbranched alkanes of at least 4 members (excludes halogenated alkanes) is 1. The van der Waals surface area contributed by atoms with Crippen LogP contribution in [0.25, 0.3) is 0 Å². The Labute approximate surface area is 191 Å². The van der Waals surface area contributed by atoms with Gasteiger partial charge in [0.25, 0.3) is 0 Å². The summed E-state index contributed by atoms with van der Waals surface area (Å²) in [6.45, 7) is 1.57. The molecule has 4 rings (SSSR count). The molecule has 1 amide bonds. The number of carbonyl (C=O) groups excluding carboxylic acids is 1. The molecule has 4 unspecified atom stereocenters. The number of rotatable bonds is 7. The standard InChI is InChI=1S/C23H29N3O5S/c1-13(27)26-21(14-7-3-4-8-17(14)31-2)20-15(11-24-23(20)30)25-16-12-32-18(22(16)26)9-5-6-10-19(28)29/h3-4,7-8,11,16,18,21-22,24-25,30H,5-6,9-10,12H2,1-2H3,(H,28,29). The van der Waals surface area contributed by atoms with Crippen LogP contribution in [0.15, 0.2) is 30.5 Å². The number of carboxylic acid groups (broad SMARTS) is 1. The summed E-state index contributed by atoms with van der Waals surface area (Å²) in [5, 5.41) is 23.4. The number of anilines is 1. The van der Waals surface area contributed by atoms with E-state index in [0.717, 1.165) is 29.8 Å². The summed E-state index contributed by atoms with van der Waals surface area (Å²) in [5.74, 6) is 0.637. The number of benzene rings is 1. The van der Waals surface area contributed by atoms with Gasteiger partial charge in [-0.25, -0.2) is 0 Å². The van der Waals surface area contributed by atoms with Gasteiger partial charge < -0.3 is 30.2 Å². The number of aromatic amines is 1. The van der Waals surface area contributed by atoms with Crippen LogP contribution in [0, 0.1) is 0 Å². The third-order valence-electron chi connectivity index (χ3n) is 6.32. The number of hydrogen-bond acceptors (Lipinski definition) is 6. The molecule has 0 aliphatic carbocycles. The molecule has 2 aliphatic rings. The molecule has 8 nitrogen and oxygen atoms in total. The Morgan fingerprint density at radius 3 is 2.78 bits per heavy atom. The Morgan fingerprint density at radius 1 is 1.28 bits per heavy atom. The lowest BCUT2D eigenvalue weighted by molar-refractivity contribution is -0.137. The number of methoxy groups -OCH3 is 1. The van der Waals surface area contributed by atoms with Gasteiger partial charge in [0.1, 0.15) is 5.75 Å². The Kier molecular flexibility index (Phi) is 6.55. The fourth-order valence-electron chi connectivity index (χ4n) is 4.98.